The van der Waals surface area contributed by atoms with Crippen molar-refractivity contribution in [3.63, 3.8) is 0 Å². The number of hydrogen-bond donors (Lipinski definition) is 2. The number of rotatable bonds is 1. The summed E-state index contributed by atoms with van der Waals surface area (Å²) in [6.45, 7) is 0. The van der Waals surface area contributed by atoms with Crippen LogP contribution in [0.5, 0.6) is 0 Å². The molecule has 6 nitrogen and oxygen atoms in total. The third-order valence-corrected chi connectivity index (χ3v) is 5.82. The number of imidazole rings is 1. The van der Waals surface area contributed by atoms with Crippen molar-refractivity contribution in [3.8, 4) is 0 Å². The summed E-state index contributed by atoms with van der Waals surface area (Å²) in [6.07, 6.45) is 4.12. The average Bonchev–Trinajstić information content (AvgIpc) is 2.84. The fourth-order valence-corrected chi connectivity index (χ4v) is 4.97. The maximum absolute atomic E-state index is 11.9. The summed E-state index contributed by atoms with van der Waals surface area (Å²) in [5.41, 5.74) is 0.137. The number of hydrogen-bond acceptors (Lipinski definition) is 3. The van der Waals surface area contributed by atoms with E-state index in [0.717, 1.165) is 29.5 Å². The van der Waals surface area contributed by atoms with Gasteiger partial charge in [0, 0.05) is 13.0 Å². The van der Waals surface area contributed by atoms with Crippen molar-refractivity contribution >= 4 is 11.2 Å². The van der Waals surface area contributed by atoms with Crippen LogP contribution in [0.25, 0.3) is 11.2 Å². The van der Waals surface area contributed by atoms with Gasteiger partial charge in [0.05, 0.1) is 0 Å². The molecule has 3 fully saturated rings. The van der Waals surface area contributed by atoms with Crippen LogP contribution in [0.1, 0.15) is 31.0 Å². The molecular weight excluding hydrogens is 256 g/mol. The summed E-state index contributed by atoms with van der Waals surface area (Å²) in [5, 5.41) is 0. The molecule has 4 unspecified atom stereocenters. The Bertz CT molecular complexity index is 829. The number of aromatic amines is 2. The van der Waals surface area contributed by atoms with E-state index >= 15 is 0 Å². The molecule has 0 aliphatic heterocycles. The molecule has 2 bridgehead atoms. The zero-order valence-electron chi connectivity index (χ0n) is 11.2. The molecule has 2 N–H and O–H groups in total. The minimum absolute atomic E-state index is 0.365. The van der Waals surface area contributed by atoms with Gasteiger partial charge in [-0.1, -0.05) is 0 Å². The molecule has 2 aromatic rings. The Labute approximate surface area is 114 Å². The van der Waals surface area contributed by atoms with Crippen molar-refractivity contribution in [2.75, 3.05) is 0 Å². The predicted octanol–water partition coefficient (Wildman–Crippen LogP) is 0.709. The third kappa shape index (κ3) is 1.13. The summed E-state index contributed by atoms with van der Waals surface area (Å²) in [6, 6.07) is 0. The molecule has 0 aromatic carbocycles. The fraction of sp³-hybridized carbons (Fsp3) is 0.643. The number of fused-ring (bicyclic) bond motifs is 6. The van der Waals surface area contributed by atoms with Gasteiger partial charge >= 0.3 is 5.69 Å². The molecule has 3 saturated carbocycles. The molecule has 2 heterocycles. The lowest BCUT2D eigenvalue weighted by Crippen LogP contribution is -2.28. The van der Waals surface area contributed by atoms with Gasteiger partial charge in [-0.3, -0.25) is 14.3 Å². The zero-order chi connectivity index (χ0) is 13.6. The number of nitrogens with one attached hydrogen (secondary N) is 2. The van der Waals surface area contributed by atoms with Gasteiger partial charge in [-0.15, -0.1) is 0 Å². The van der Waals surface area contributed by atoms with Gasteiger partial charge in [0.15, 0.2) is 5.65 Å². The second-order valence-corrected chi connectivity index (χ2v) is 6.65. The standard InChI is InChI=1S/C14H16N4O2/c1-18-12-10(13(19)17-14(18)20)15-11(16-12)9-7-5-2-3-6(4-5)8(7)9/h5-9H,2-4H2,1H3,(H,15,16)(H,17,19,20). The van der Waals surface area contributed by atoms with Gasteiger partial charge in [0.2, 0.25) is 0 Å². The van der Waals surface area contributed by atoms with Crippen LogP contribution in [0.15, 0.2) is 9.59 Å². The number of aryl methyl sites for hydroxylation is 1. The quantitative estimate of drug-likeness (QED) is 0.802. The van der Waals surface area contributed by atoms with Gasteiger partial charge in [-0.25, -0.2) is 9.78 Å². The first-order valence-corrected chi connectivity index (χ1v) is 7.34. The minimum atomic E-state index is -0.406. The maximum Gasteiger partial charge on any atom is 0.329 e. The van der Waals surface area contributed by atoms with Gasteiger partial charge in [-0.2, -0.15) is 0 Å². The van der Waals surface area contributed by atoms with Crippen LogP contribution in [0.2, 0.25) is 0 Å². The van der Waals surface area contributed by atoms with E-state index in [1.54, 1.807) is 7.05 Å². The van der Waals surface area contributed by atoms with Crippen LogP contribution in [-0.2, 0) is 7.05 Å². The van der Waals surface area contributed by atoms with Gasteiger partial charge in [-0.05, 0) is 42.9 Å². The van der Waals surface area contributed by atoms with E-state index in [4.69, 9.17) is 0 Å². The van der Waals surface area contributed by atoms with Crippen LogP contribution in [0.4, 0.5) is 0 Å². The van der Waals surface area contributed by atoms with Gasteiger partial charge in [0.1, 0.15) is 11.3 Å². The lowest BCUT2D eigenvalue weighted by atomic mass is 10.0. The van der Waals surface area contributed by atoms with E-state index in [2.05, 4.69) is 15.0 Å². The summed E-state index contributed by atoms with van der Waals surface area (Å²) < 4.78 is 1.41. The van der Waals surface area contributed by atoms with Crippen molar-refractivity contribution in [1.29, 1.82) is 0 Å². The maximum atomic E-state index is 11.9. The Morgan fingerprint density at radius 2 is 1.85 bits per heavy atom. The molecule has 4 atom stereocenters. The van der Waals surface area contributed by atoms with E-state index in [1.165, 1.54) is 23.8 Å². The monoisotopic (exact) mass is 272 g/mol. The van der Waals surface area contributed by atoms with E-state index < -0.39 is 5.69 Å². The smallest absolute Gasteiger partial charge is 0.329 e. The second kappa shape index (κ2) is 3.24. The van der Waals surface area contributed by atoms with Crippen LogP contribution in [0, 0.1) is 23.7 Å². The summed E-state index contributed by atoms with van der Waals surface area (Å²) >= 11 is 0. The SMILES string of the molecule is Cn1c(=O)[nH]c(=O)c2[nH]c(C3C4C5CCC(C5)C34)nc21. The summed E-state index contributed by atoms with van der Waals surface area (Å²) in [4.78, 5) is 33.5. The molecule has 20 heavy (non-hydrogen) atoms. The minimum Gasteiger partial charge on any atom is -0.336 e. The lowest BCUT2D eigenvalue weighted by molar-refractivity contribution is 0.456. The number of H-pyrrole nitrogens is 2. The lowest BCUT2D eigenvalue weighted by Gasteiger charge is -2.05. The fourth-order valence-electron chi connectivity index (χ4n) is 4.97. The Morgan fingerprint density at radius 3 is 2.55 bits per heavy atom. The van der Waals surface area contributed by atoms with Crippen molar-refractivity contribution in [1.82, 2.24) is 19.5 Å². The Hall–Kier alpha value is -1.85. The molecule has 6 heteroatoms. The van der Waals surface area contributed by atoms with Crippen LogP contribution in [-0.4, -0.2) is 19.5 Å². The highest BCUT2D eigenvalue weighted by molar-refractivity contribution is 5.69. The zero-order valence-corrected chi connectivity index (χ0v) is 11.2. The summed E-state index contributed by atoms with van der Waals surface area (Å²) in [7, 11) is 1.64. The Balaban J connectivity index is 1.65. The molecule has 0 amide bonds. The van der Waals surface area contributed by atoms with Gasteiger partial charge < -0.3 is 4.98 Å². The average molecular weight is 272 g/mol. The first-order valence-electron chi connectivity index (χ1n) is 7.34. The van der Waals surface area contributed by atoms with Crippen LogP contribution < -0.4 is 11.2 Å². The molecule has 5 rings (SSSR count). The van der Waals surface area contributed by atoms with Crippen molar-refractivity contribution in [2.24, 2.45) is 30.7 Å². The molecule has 3 aliphatic rings. The third-order valence-electron chi connectivity index (χ3n) is 5.82. The Morgan fingerprint density at radius 1 is 1.15 bits per heavy atom. The molecule has 0 spiro atoms. The van der Waals surface area contributed by atoms with Crippen LogP contribution >= 0.6 is 0 Å². The van der Waals surface area contributed by atoms with E-state index in [9.17, 15) is 9.59 Å². The molecular formula is C14H16N4O2. The first kappa shape index (κ1) is 10.9. The van der Waals surface area contributed by atoms with E-state index in [1.807, 2.05) is 0 Å². The van der Waals surface area contributed by atoms with Crippen molar-refractivity contribution < 1.29 is 0 Å². The first-order chi connectivity index (χ1) is 9.65. The van der Waals surface area contributed by atoms with E-state index in [0.29, 0.717) is 17.1 Å². The second-order valence-electron chi connectivity index (χ2n) is 6.65. The topological polar surface area (TPSA) is 83.5 Å². The highest BCUT2D eigenvalue weighted by Gasteiger charge is 2.66. The highest BCUT2D eigenvalue weighted by atomic mass is 16.2. The summed E-state index contributed by atoms with van der Waals surface area (Å²) in [5.74, 6) is 4.67. The van der Waals surface area contributed by atoms with Crippen molar-refractivity contribution in [2.45, 2.75) is 25.2 Å². The van der Waals surface area contributed by atoms with E-state index in [-0.39, 0.29) is 5.56 Å². The molecule has 0 saturated heterocycles. The Kier molecular flexibility index (Phi) is 1.76. The highest BCUT2D eigenvalue weighted by Crippen LogP contribution is 2.72. The van der Waals surface area contributed by atoms with Crippen LogP contribution in [0.3, 0.4) is 0 Å². The molecule has 3 aliphatic carbocycles. The van der Waals surface area contributed by atoms with Crippen molar-refractivity contribution in [3.05, 3.63) is 26.7 Å². The number of aromatic nitrogens is 4. The largest absolute Gasteiger partial charge is 0.336 e. The molecule has 2 aromatic heterocycles. The number of nitrogens with zero attached hydrogens (tertiary/aromatic N) is 2. The normalized spacial score (nSPS) is 37.5. The predicted molar refractivity (Wildman–Crippen MR) is 72.5 cm³/mol. The molecule has 104 valence electrons. The molecule has 0 radical (unpaired) electrons. The van der Waals surface area contributed by atoms with Gasteiger partial charge in [0.25, 0.3) is 5.56 Å².